The number of anilines is 1. The van der Waals surface area contributed by atoms with Gasteiger partial charge in [0.05, 0.1) is 0 Å². The Bertz CT molecular complexity index is 393. The molecular weight excluding hydrogens is 216 g/mol. The van der Waals surface area contributed by atoms with Crippen molar-refractivity contribution in [2.75, 3.05) is 24.6 Å². The Morgan fingerprint density at radius 1 is 1.41 bits per heavy atom. The number of nitrogens with zero attached hydrogens (tertiary/aromatic N) is 1. The summed E-state index contributed by atoms with van der Waals surface area (Å²) in [5.41, 5.74) is 2.10. The maximum atomic E-state index is 11.7. The van der Waals surface area contributed by atoms with E-state index < -0.39 is 0 Å². The van der Waals surface area contributed by atoms with Gasteiger partial charge in [-0.05, 0) is 37.0 Å². The van der Waals surface area contributed by atoms with E-state index in [0.29, 0.717) is 0 Å². The Kier molecular flexibility index (Phi) is 3.98. The van der Waals surface area contributed by atoms with Crippen molar-refractivity contribution < 1.29 is 9.90 Å². The number of aliphatic hydroxyl groups excluding tert-OH is 1. The molecule has 1 saturated heterocycles. The Morgan fingerprint density at radius 2 is 2.29 bits per heavy atom. The molecule has 1 heterocycles. The van der Waals surface area contributed by atoms with Crippen LogP contribution in [0.15, 0.2) is 24.3 Å². The lowest BCUT2D eigenvalue weighted by Crippen LogP contribution is -2.46. The van der Waals surface area contributed by atoms with E-state index in [-0.39, 0.29) is 12.6 Å². The van der Waals surface area contributed by atoms with E-state index in [1.807, 2.05) is 24.3 Å². The fourth-order valence-corrected chi connectivity index (χ4v) is 2.04. The molecule has 0 radical (unpaired) electrons. The molecule has 0 unspecified atom stereocenters. The van der Waals surface area contributed by atoms with E-state index in [2.05, 4.69) is 5.32 Å². The number of urea groups is 1. The molecule has 0 bridgehead atoms. The summed E-state index contributed by atoms with van der Waals surface area (Å²) < 4.78 is 0. The predicted molar refractivity (Wildman–Crippen MR) is 67.2 cm³/mol. The van der Waals surface area contributed by atoms with E-state index in [9.17, 15) is 4.79 Å². The van der Waals surface area contributed by atoms with Crippen molar-refractivity contribution in [3.8, 4) is 0 Å². The maximum Gasteiger partial charge on any atom is 0.321 e. The van der Waals surface area contributed by atoms with E-state index in [0.717, 1.165) is 43.6 Å². The van der Waals surface area contributed by atoms with E-state index in [1.54, 1.807) is 4.90 Å². The van der Waals surface area contributed by atoms with Crippen LogP contribution in [0.1, 0.15) is 18.4 Å². The predicted octanol–water partition coefficient (Wildman–Crippen LogP) is 1.53. The van der Waals surface area contributed by atoms with Gasteiger partial charge in [-0.2, -0.15) is 0 Å². The van der Waals surface area contributed by atoms with Gasteiger partial charge in [-0.15, -0.1) is 0 Å². The van der Waals surface area contributed by atoms with Gasteiger partial charge in [0.25, 0.3) is 0 Å². The van der Waals surface area contributed by atoms with Crippen molar-refractivity contribution in [1.82, 2.24) is 5.32 Å². The normalized spacial score (nSPS) is 15.8. The van der Waals surface area contributed by atoms with Crippen LogP contribution >= 0.6 is 0 Å². The zero-order valence-electron chi connectivity index (χ0n) is 9.85. The van der Waals surface area contributed by atoms with Crippen LogP contribution < -0.4 is 10.2 Å². The summed E-state index contributed by atoms with van der Waals surface area (Å²) in [6.07, 6.45) is 2.59. The zero-order valence-corrected chi connectivity index (χ0v) is 9.85. The van der Waals surface area contributed by atoms with Gasteiger partial charge in [0.2, 0.25) is 0 Å². The number of carbonyl (C=O) groups excluding carboxylic acids is 1. The van der Waals surface area contributed by atoms with Crippen molar-refractivity contribution in [3.05, 3.63) is 29.8 Å². The molecule has 1 fully saturated rings. The minimum absolute atomic E-state index is 0.0180. The number of nitrogens with one attached hydrogen (secondary N) is 1. The van der Waals surface area contributed by atoms with E-state index >= 15 is 0 Å². The molecule has 4 nitrogen and oxygen atoms in total. The van der Waals surface area contributed by atoms with Crippen LogP contribution in [0.2, 0.25) is 0 Å². The van der Waals surface area contributed by atoms with Crippen molar-refractivity contribution in [1.29, 1.82) is 0 Å². The molecule has 1 aromatic rings. The molecular formula is C13H18N2O2. The van der Waals surface area contributed by atoms with Crippen molar-refractivity contribution in [2.45, 2.75) is 19.3 Å². The van der Waals surface area contributed by atoms with Crippen molar-refractivity contribution >= 4 is 11.7 Å². The van der Waals surface area contributed by atoms with Crippen LogP contribution in [-0.4, -0.2) is 30.8 Å². The van der Waals surface area contributed by atoms with Crippen LogP contribution in [-0.2, 0) is 6.42 Å². The van der Waals surface area contributed by atoms with Crippen molar-refractivity contribution in [3.63, 3.8) is 0 Å². The number of carbonyl (C=O) groups is 1. The first-order valence-corrected chi connectivity index (χ1v) is 6.06. The molecule has 2 amide bonds. The number of aliphatic hydroxyl groups is 1. The highest BCUT2D eigenvalue weighted by Crippen LogP contribution is 2.19. The van der Waals surface area contributed by atoms with Gasteiger partial charge in [0.15, 0.2) is 0 Å². The molecule has 0 atom stereocenters. The Morgan fingerprint density at radius 3 is 3.06 bits per heavy atom. The van der Waals surface area contributed by atoms with Crippen LogP contribution in [0.25, 0.3) is 0 Å². The summed E-state index contributed by atoms with van der Waals surface area (Å²) in [6, 6.07) is 7.95. The number of aryl methyl sites for hydroxylation is 1. The molecule has 0 saturated carbocycles. The number of hydrogen-bond acceptors (Lipinski definition) is 2. The average Bonchev–Trinajstić information content (AvgIpc) is 2.37. The molecule has 0 aliphatic carbocycles. The first-order valence-electron chi connectivity index (χ1n) is 6.06. The van der Waals surface area contributed by atoms with E-state index in [4.69, 9.17) is 5.11 Å². The summed E-state index contributed by atoms with van der Waals surface area (Å²) in [4.78, 5) is 13.5. The first kappa shape index (κ1) is 11.9. The van der Waals surface area contributed by atoms with Gasteiger partial charge < -0.3 is 10.4 Å². The highest BCUT2D eigenvalue weighted by atomic mass is 16.2. The third-order valence-electron chi connectivity index (χ3n) is 2.93. The fraction of sp³-hybridized carbons (Fsp3) is 0.462. The third kappa shape index (κ3) is 2.97. The van der Waals surface area contributed by atoms with Crippen LogP contribution in [0.4, 0.5) is 10.5 Å². The SMILES string of the molecule is O=C1NCCCN1c1cccc(CCCO)c1. The molecule has 1 aromatic carbocycles. The largest absolute Gasteiger partial charge is 0.396 e. The topological polar surface area (TPSA) is 52.6 Å². The molecule has 0 aromatic heterocycles. The third-order valence-corrected chi connectivity index (χ3v) is 2.93. The monoisotopic (exact) mass is 234 g/mol. The maximum absolute atomic E-state index is 11.7. The van der Waals surface area contributed by atoms with Gasteiger partial charge in [-0.25, -0.2) is 4.79 Å². The average molecular weight is 234 g/mol. The molecule has 2 rings (SSSR count). The highest BCUT2D eigenvalue weighted by molar-refractivity contribution is 5.92. The smallest absolute Gasteiger partial charge is 0.321 e. The Hall–Kier alpha value is -1.55. The van der Waals surface area contributed by atoms with Crippen LogP contribution in [0, 0.1) is 0 Å². The number of rotatable bonds is 4. The minimum atomic E-state index is -0.0180. The molecule has 0 spiro atoms. The molecule has 1 aliphatic heterocycles. The fourth-order valence-electron chi connectivity index (χ4n) is 2.04. The van der Waals surface area contributed by atoms with Gasteiger partial charge >= 0.3 is 6.03 Å². The second-order valence-electron chi connectivity index (χ2n) is 4.23. The second kappa shape index (κ2) is 5.68. The van der Waals surface area contributed by atoms with Gasteiger partial charge in [-0.1, -0.05) is 12.1 Å². The standard InChI is InChI=1S/C13H18N2O2/c16-9-2-5-11-4-1-6-12(10-11)15-8-3-7-14-13(15)17/h1,4,6,10,16H,2-3,5,7-9H2,(H,14,17). The van der Waals surface area contributed by atoms with Gasteiger partial charge in [-0.3, -0.25) is 4.90 Å². The first-order chi connectivity index (χ1) is 8.31. The number of amides is 2. The molecule has 1 aliphatic rings. The van der Waals surface area contributed by atoms with Gasteiger partial charge in [0.1, 0.15) is 0 Å². The lowest BCUT2D eigenvalue weighted by Gasteiger charge is -2.27. The Labute approximate surface area is 101 Å². The quantitative estimate of drug-likeness (QED) is 0.830. The highest BCUT2D eigenvalue weighted by Gasteiger charge is 2.18. The summed E-state index contributed by atoms with van der Waals surface area (Å²) in [5.74, 6) is 0. The summed E-state index contributed by atoms with van der Waals surface area (Å²) in [5, 5.41) is 11.7. The Balaban J connectivity index is 2.11. The summed E-state index contributed by atoms with van der Waals surface area (Å²) in [7, 11) is 0. The number of benzene rings is 1. The summed E-state index contributed by atoms with van der Waals surface area (Å²) >= 11 is 0. The number of hydrogen-bond donors (Lipinski definition) is 2. The molecule has 4 heteroatoms. The lowest BCUT2D eigenvalue weighted by molar-refractivity contribution is 0.243. The van der Waals surface area contributed by atoms with E-state index in [1.165, 1.54) is 0 Å². The van der Waals surface area contributed by atoms with Crippen LogP contribution in [0.5, 0.6) is 0 Å². The van der Waals surface area contributed by atoms with Gasteiger partial charge in [0, 0.05) is 25.4 Å². The van der Waals surface area contributed by atoms with Crippen LogP contribution in [0.3, 0.4) is 0 Å². The lowest BCUT2D eigenvalue weighted by atomic mass is 10.1. The minimum Gasteiger partial charge on any atom is -0.396 e. The molecule has 92 valence electrons. The summed E-state index contributed by atoms with van der Waals surface area (Å²) in [6.45, 7) is 1.74. The molecule has 17 heavy (non-hydrogen) atoms. The van der Waals surface area contributed by atoms with Crippen molar-refractivity contribution in [2.24, 2.45) is 0 Å². The zero-order chi connectivity index (χ0) is 12.1. The second-order valence-corrected chi connectivity index (χ2v) is 4.23. The molecule has 2 N–H and O–H groups in total.